The van der Waals surface area contributed by atoms with Crippen LogP contribution >= 0.6 is 35.0 Å². The van der Waals surface area contributed by atoms with Crippen molar-refractivity contribution in [2.45, 2.75) is 178 Å². The summed E-state index contributed by atoms with van der Waals surface area (Å²) in [6.45, 7) is 28.5. The van der Waals surface area contributed by atoms with Crippen molar-refractivity contribution in [3.63, 3.8) is 0 Å². The second-order valence-electron chi connectivity index (χ2n) is 36.8. The lowest BCUT2D eigenvalue weighted by atomic mass is 9.84. The van der Waals surface area contributed by atoms with Crippen molar-refractivity contribution in [2.24, 2.45) is 65.1 Å². The predicted octanol–water partition coefficient (Wildman–Crippen LogP) is 19.0. The SMILES string of the molecule is COc1ccc(Cl)cc1N1CCN(C2CC3CCC2C3)CC1.COc1ccc(Cl)cc1N1CCN(C2CCC3CCC2C3)CC1.COc1ccc(F)cc1N1CCN(CC2CC3C=CC2C3)CC1.CSc1ccccc1N1CCN(C2CCC3CCC2C3)CC1.Cc1ccc(C)c(N2CCN(C3CCC4CCC3C4)CC2)c1. The Kier molecular flexibility index (Phi) is 27.1. The number of piperazine rings is 5. The average Bonchev–Trinajstić information content (AvgIpc) is 1.60. The zero-order valence-corrected chi connectivity index (χ0v) is 71.3. The van der Waals surface area contributed by atoms with Crippen LogP contribution in [0.4, 0.5) is 32.8 Å². The van der Waals surface area contributed by atoms with Crippen LogP contribution in [0.1, 0.15) is 146 Å². The molecule has 10 aliphatic carbocycles. The lowest BCUT2D eigenvalue weighted by Crippen LogP contribution is -2.53. The van der Waals surface area contributed by atoms with Crippen LogP contribution in [0.25, 0.3) is 0 Å². The van der Waals surface area contributed by atoms with Gasteiger partial charge in [-0.25, -0.2) is 4.39 Å². The molecule has 5 aliphatic heterocycles. The van der Waals surface area contributed by atoms with E-state index in [9.17, 15) is 4.39 Å². The Labute approximate surface area is 687 Å². The van der Waals surface area contributed by atoms with Crippen molar-refractivity contribution in [1.82, 2.24) is 24.5 Å². The molecule has 20 rings (SSSR count). The molecule has 5 aromatic carbocycles. The third-order valence-corrected chi connectivity index (χ3v) is 31.9. The van der Waals surface area contributed by atoms with Gasteiger partial charge in [0.05, 0.1) is 44.1 Å². The van der Waals surface area contributed by atoms with Crippen LogP contribution in [0.5, 0.6) is 17.2 Å². The largest absolute Gasteiger partial charge is 0.495 e. The molecule has 15 atom stereocenters. The predicted molar refractivity (Wildman–Crippen MR) is 467 cm³/mol. The fourth-order valence-corrected chi connectivity index (χ4v) is 25.6. The summed E-state index contributed by atoms with van der Waals surface area (Å²) in [6, 6.07) is 35.9. The molecule has 13 nitrogen and oxygen atoms in total. The fraction of sp³-hybridized carbons (Fsp3) is 0.663. The zero-order valence-electron chi connectivity index (χ0n) is 69.0. The highest BCUT2D eigenvalue weighted by molar-refractivity contribution is 7.98. The van der Waals surface area contributed by atoms with E-state index in [0.29, 0.717) is 0 Å². The topological polar surface area (TPSA) is 60.1 Å². The highest BCUT2D eigenvalue weighted by Crippen LogP contribution is 2.50. The number of rotatable bonds is 15. The van der Waals surface area contributed by atoms with Gasteiger partial charge in [0.1, 0.15) is 23.1 Å². The number of fused-ring (bicyclic) bond motifs is 10. The number of anilines is 5. The van der Waals surface area contributed by atoms with E-state index in [0.717, 1.165) is 186 Å². The average molecular weight is 1590 g/mol. The van der Waals surface area contributed by atoms with E-state index in [1.165, 1.54) is 253 Å². The maximum atomic E-state index is 13.6. The summed E-state index contributed by atoms with van der Waals surface area (Å²) in [6.07, 6.45) is 38.1. The summed E-state index contributed by atoms with van der Waals surface area (Å²) < 4.78 is 30.0. The standard InChI is InChI=1S/C20H30N2.C19H27ClN2O.C19H25FN2O.C19H28N2S.C18H25ClN2O/c1-15-3-4-16(2)20(13-15)22-11-9-21(10-12-22)19-8-6-17-5-7-18(19)14-17;1-23-19-7-5-16(20)13-18(19)22-10-8-21(9-11-22)17-6-3-14-2-4-15(17)12-14;1-23-19-5-4-17(20)12-18(19)22-8-6-21(7-9-22)13-16-11-14-2-3-15(16)10-14;1-22-19-5-3-2-4-18(19)21-12-10-20(11-13-21)17-9-7-15-6-8-16(17)14-15;1-22-18-5-4-15(19)12-17(18)21-8-6-20(7-9-21)16-11-13-2-3-14(16)10-13/h3-4,13,17-19H,5-12,14H2,1-2H3;5,7,13-15,17H,2-4,6,8-12H2,1H3;2-5,12,14-16H,6-11,13H2,1H3;2-5,15-17H,6-14H2,1H3;4-5,12-14,16H,2-3,6-11H2,1H3. The Morgan fingerprint density at radius 1 is 0.375 bits per heavy atom. The maximum Gasteiger partial charge on any atom is 0.142 e. The molecule has 0 aromatic heterocycles. The summed E-state index contributed by atoms with van der Waals surface area (Å²) in [5.74, 6) is 13.2. The smallest absolute Gasteiger partial charge is 0.142 e. The van der Waals surface area contributed by atoms with Crippen molar-refractivity contribution >= 4 is 63.4 Å². The molecule has 15 aliphatic rings. The molecule has 610 valence electrons. The lowest BCUT2D eigenvalue weighted by molar-refractivity contribution is 0.103. The minimum absolute atomic E-state index is 0.197. The number of thioether (sulfide) groups is 1. The van der Waals surface area contributed by atoms with E-state index in [-0.39, 0.29) is 5.82 Å². The Balaban J connectivity index is 0.000000106. The van der Waals surface area contributed by atoms with E-state index in [4.69, 9.17) is 37.4 Å². The first-order valence-electron chi connectivity index (χ1n) is 44.6. The van der Waals surface area contributed by atoms with Gasteiger partial charge in [-0.15, -0.1) is 11.8 Å². The monoisotopic (exact) mass is 1580 g/mol. The zero-order chi connectivity index (χ0) is 76.8. The molecule has 15 unspecified atom stereocenters. The van der Waals surface area contributed by atoms with Gasteiger partial charge in [-0.3, -0.25) is 24.5 Å². The molecule has 0 amide bonds. The number of ether oxygens (including phenoxy) is 3. The number of methoxy groups -OCH3 is 3. The van der Waals surface area contributed by atoms with Crippen LogP contribution in [-0.2, 0) is 0 Å². The Bertz CT molecular complexity index is 3890. The Morgan fingerprint density at radius 3 is 1.23 bits per heavy atom. The molecule has 112 heavy (non-hydrogen) atoms. The van der Waals surface area contributed by atoms with Crippen LogP contribution in [0, 0.1) is 84.8 Å². The van der Waals surface area contributed by atoms with E-state index >= 15 is 0 Å². The van der Waals surface area contributed by atoms with Crippen LogP contribution in [0.3, 0.4) is 0 Å². The summed E-state index contributed by atoms with van der Waals surface area (Å²) in [4.78, 5) is 27.5. The quantitative estimate of drug-likeness (QED) is 0.0738. The van der Waals surface area contributed by atoms with Gasteiger partial charge in [-0.1, -0.05) is 85.3 Å². The van der Waals surface area contributed by atoms with Crippen LogP contribution in [-0.4, -0.2) is 214 Å². The maximum absolute atomic E-state index is 13.6. The van der Waals surface area contributed by atoms with E-state index in [1.54, 1.807) is 33.5 Å². The van der Waals surface area contributed by atoms with Gasteiger partial charge in [-0.05, 0) is 272 Å². The van der Waals surface area contributed by atoms with E-state index in [1.807, 2.05) is 48.2 Å². The Morgan fingerprint density at radius 2 is 0.786 bits per heavy atom. The summed E-state index contributed by atoms with van der Waals surface area (Å²) in [5.41, 5.74) is 8.88. The van der Waals surface area contributed by atoms with E-state index < -0.39 is 0 Å². The summed E-state index contributed by atoms with van der Waals surface area (Å²) in [7, 11) is 5.12. The number of para-hydroxylation sites is 1. The highest BCUT2D eigenvalue weighted by Gasteiger charge is 2.45. The molecule has 17 heteroatoms. The highest BCUT2D eigenvalue weighted by atomic mass is 35.5. The third kappa shape index (κ3) is 19.0. The number of hydrogen-bond donors (Lipinski definition) is 0. The molecule has 5 heterocycles. The fourth-order valence-electron chi connectivity index (χ4n) is 24.7. The van der Waals surface area contributed by atoms with Crippen molar-refractivity contribution < 1.29 is 18.6 Å². The minimum Gasteiger partial charge on any atom is -0.495 e. The number of nitrogens with zero attached hydrogens (tertiary/aromatic N) is 10. The van der Waals surface area contributed by atoms with Crippen molar-refractivity contribution in [2.75, 3.05) is 190 Å². The normalized spacial score (nSPS) is 31.6. The van der Waals surface area contributed by atoms with Gasteiger partial charge >= 0.3 is 0 Å². The van der Waals surface area contributed by atoms with Gasteiger partial charge in [0, 0.05) is 188 Å². The molecule has 5 saturated heterocycles. The molecular formula is C95H135Cl2FN10O3S. The molecule has 5 aromatic rings. The molecule has 9 saturated carbocycles. The van der Waals surface area contributed by atoms with Crippen LogP contribution < -0.4 is 38.7 Å². The lowest BCUT2D eigenvalue weighted by Gasteiger charge is -2.44. The Hall–Kier alpha value is -5.10. The summed E-state index contributed by atoms with van der Waals surface area (Å²) >= 11 is 14.2. The number of benzene rings is 5. The molecule has 0 N–H and O–H groups in total. The van der Waals surface area contributed by atoms with Gasteiger partial charge in [0.2, 0.25) is 0 Å². The van der Waals surface area contributed by atoms with Gasteiger partial charge in [-0.2, -0.15) is 0 Å². The number of halogens is 3. The third-order valence-electron chi connectivity index (χ3n) is 30.7. The molecule has 0 radical (unpaired) electrons. The second-order valence-corrected chi connectivity index (χ2v) is 38.5. The number of allylic oxidation sites excluding steroid dienone is 2. The van der Waals surface area contributed by atoms with Gasteiger partial charge in [0.15, 0.2) is 0 Å². The number of hydrogen-bond acceptors (Lipinski definition) is 14. The van der Waals surface area contributed by atoms with Crippen LogP contribution in [0.2, 0.25) is 10.0 Å². The van der Waals surface area contributed by atoms with Crippen molar-refractivity contribution in [3.05, 3.63) is 136 Å². The van der Waals surface area contributed by atoms with E-state index in [2.05, 4.69) is 124 Å². The number of aryl methyl sites for hydroxylation is 2. The second kappa shape index (κ2) is 37.7. The van der Waals surface area contributed by atoms with Crippen molar-refractivity contribution in [1.29, 1.82) is 0 Å². The molecule has 0 spiro atoms. The molecular weight excluding hydrogens is 1450 g/mol. The first-order chi connectivity index (χ1) is 54.8. The van der Waals surface area contributed by atoms with Crippen molar-refractivity contribution in [3.8, 4) is 17.2 Å². The summed E-state index contributed by atoms with van der Waals surface area (Å²) in [5, 5.41) is 1.57. The minimum atomic E-state index is -0.197. The molecule has 14 fully saturated rings. The van der Waals surface area contributed by atoms with Crippen LogP contribution in [0.15, 0.2) is 114 Å². The van der Waals surface area contributed by atoms with Gasteiger partial charge in [0.25, 0.3) is 0 Å². The molecule has 10 bridgehead atoms. The first-order valence-corrected chi connectivity index (χ1v) is 46.6. The first kappa shape index (κ1) is 80.7. The van der Waals surface area contributed by atoms with Gasteiger partial charge < -0.3 is 38.7 Å².